The largest absolute Gasteiger partial charge is 0.390 e. The lowest BCUT2D eigenvalue weighted by Crippen LogP contribution is -2.32. The third-order valence-electron chi connectivity index (χ3n) is 2.28. The maximum atomic E-state index is 9.71. The van der Waals surface area contributed by atoms with Gasteiger partial charge >= 0.3 is 0 Å². The normalized spacial score (nSPS) is 15.3. The Morgan fingerprint density at radius 2 is 2.00 bits per heavy atom. The summed E-state index contributed by atoms with van der Waals surface area (Å²) in [5.41, 5.74) is 0.783. The van der Waals surface area contributed by atoms with Crippen LogP contribution in [0.25, 0.3) is 0 Å². The van der Waals surface area contributed by atoms with Gasteiger partial charge in [0.15, 0.2) is 0 Å². The van der Waals surface area contributed by atoms with Gasteiger partial charge in [0.05, 0.1) is 12.2 Å². The predicted octanol–water partition coefficient (Wildman–Crippen LogP) is 1.76. The van der Waals surface area contributed by atoms with Crippen LogP contribution in [0, 0.1) is 5.92 Å². The molecule has 2 atom stereocenters. The van der Waals surface area contributed by atoms with Crippen molar-refractivity contribution in [3.05, 3.63) is 28.5 Å². The highest BCUT2D eigenvalue weighted by atomic mass is 79.9. The van der Waals surface area contributed by atoms with Crippen LogP contribution in [0.5, 0.6) is 0 Å². The number of aliphatic hydroxyl groups excluding tert-OH is 2. The number of hydrogen-bond acceptors (Lipinski definition) is 3. The van der Waals surface area contributed by atoms with Gasteiger partial charge in [-0.3, -0.25) is 4.98 Å². The van der Waals surface area contributed by atoms with Crippen LogP contribution in [-0.4, -0.2) is 27.4 Å². The molecule has 0 saturated heterocycles. The fourth-order valence-corrected chi connectivity index (χ4v) is 1.54. The Morgan fingerprint density at radius 1 is 1.33 bits per heavy atom. The number of pyridine rings is 1. The highest BCUT2D eigenvalue weighted by Gasteiger charge is 2.20. The summed E-state index contributed by atoms with van der Waals surface area (Å²) < 4.78 is 0.908. The van der Waals surface area contributed by atoms with Crippen molar-refractivity contribution in [1.82, 2.24) is 4.98 Å². The van der Waals surface area contributed by atoms with Crippen molar-refractivity contribution in [2.45, 2.75) is 32.5 Å². The van der Waals surface area contributed by atoms with Crippen molar-refractivity contribution >= 4 is 15.9 Å². The van der Waals surface area contributed by atoms with Gasteiger partial charge in [-0.25, -0.2) is 0 Å². The molecule has 4 heteroatoms. The number of rotatable bonds is 4. The van der Waals surface area contributed by atoms with Crippen LogP contribution < -0.4 is 0 Å². The van der Waals surface area contributed by atoms with Crippen LogP contribution in [0.15, 0.2) is 22.8 Å². The average Bonchev–Trinajstić information content (AvgIpc) is 2.20. The summed E-state index contributed by atoms with van der Waals surface area (Å²) >= 11 is 3.29. The second-order valence-corrected chi connectivity index (χ2v) is 4.89. The smallest absolute Gasteiger partial charge is 0.0856 e. The third-order valence-corrected chi connectivity index (χ3v) is 2.75. The lowest BCUT2D eigenvalue weighted by molar-refractivity contribution is -0.00778. The number of halogens is 1. The molecule has 0 amide bonds. The molecular weight excluding hydrogens is 258 g/mol. The van der Waals surface area contributed by atoms with Crippen LogP contribution in [0.2, 0.25) is 0 Å². The van der Waals surface area contributed by atoms with Crippen molar-refractivity contribution in [3.63, 3.8) is 0 Å². The lowest BCUT2D eigenvalue weighted by Gasteiger charge is -2.20. The van der Waals surface area contributed by atoms with Gasteiger partial charge in [0.1, 0.15) is 0 Å². The van der Waals surface area contributed by atoms with Crippen LogP contribution in [0.1, 0.15) is 19.5 Å². The molecule has 2 N–H and O–H groups in total. The van der Waals surface area contributed by atoms with E-state index >= 15 is 0 Å². The van der Waals surface area contributed by atoms with Gasteiger partial charge in [0, 0.05) is 22.8 Å². The summed E-state index contributed by atoms with van der Waals surface area (Å²) in [6, 6.07) is 3.71. The molecule has 0 fully saturated rings. The van der Waals surface area contributed by atoms with Gasteiger partial charge in [-0.15, -0.1) is 0 Å². The van der Waals surface area contributed by atoms with Crippen LogP contribution >= 0.6 is 15.9 Å². The van der Waals surface area contributed by atoms with Crippen molar-refractivity contribution in [2.24, 2.45) is 5.92 Å². The molecule has 3 nitrogen and oxygen atoms in total. The van der Waals surface area contributed by atoms with E-state index in [2.05, 4.69) is 20.9 Å². The number of aliphatic hydroxyl groups is 2. The number of aromatic nitrogens is 1. The molecule has 15 heavy (non-hydrogen) atoms. The summed E-state index contributed by atoms with van der Waals surface area (Å²) in [7, 11) is 0. The quantitative estimate of drug-likeness (QED) is 0.879. The van der Waals surface area contributed by atoms with E-state index in [4.69, 9.17) is 0 Å². The van der Waals surface area contributed by atoms with Crippen LogP contribution in [0.4, 0.5) is 0 Å². The molecule has 0 spiro atoms. The predicted molar refractivity (Wildman–Crippen MR) is 62.5 cm³/mol. The van der Waals surface area contributed by atoms with Crippen LogP contribution in [0.3, 0.4) is 0 Å². The van der Waals surface area contributed by atoms with E-state index in [1.54, 1.807) is 6.20 Å². The fraction of sp³-hybridized carbons (Fsp3) is 0.545. The Kier molecular flexibility index (Phi) is 4.70. The maximum Gasteiger partial charge on any atom is 0.0856 e. The van der Waals surface area contributed by atoms with E-state index in [0.29, 0.717) is 6.42 Å². The van der Waals surface area contributed by atoms with Crippen LogP contribution in [-0.2, 0) is 6.42 Å². The minimum absolute atomic E-state index is 0.0513. The molecule has 84 valence electrons. The molecule has 1 rings (SSSR count). The molecule has 0 aliphatic heterocycles. The highest BCUT2D eigenvalue weighted by Crippen LogP contribution is 2.12. The van der Waals surface area contributed by atoms with Gasteiger partial charge in [0.25, 0.3) is 0 Å². The van der Waals surface area contributed by atoms with Crippen molar-refractivity contribution < 1.29 is 10.2 Å². The van der Waals surface area contributed by atoms with Gasteiger partial charge in [0.2, 0.25) is 0 Å². The zero-order valence-corrected chi connectivity index (χ0v) is 10.5. The van der Waals surface area contributed by atoms with E-state index < -0.39 is 12.2 Å². The Morgan fingerprint density at radius 3 is 2.47 bits per heavy atom. The molecule has 2 unspecified atom stereocenters. The standard InChI is InChI=1S/C11H16BrNO2/c1-7(2)11(15)10(14)5-9-4-3-8(12)6-13-9/h3-4,6-7,10-11,14-15H,5H2,1-2H3. The molecule has 0 bridgehead atoms. The molecule has 0 aliphatic carbocycles. The first kappa shape index (κ1) is 12.6. The van der Waals surface area contributed by atoms with Gasteiger partial charge < -0.3 is 10.2 Å². The van der Waals surface area contributed by atoms with E-state index in [-0.39, 0.29) is 5.92 Å². The molecular formula is C11H16BrNO2. The minimum Gasteiger partial charge on any atom is -0.390 e. The first-order chi connectivity index (χ1) is 7.00. The van der Waals surface area contributed by atoms with E-state index in [1.165, 1.54) is 0 Å². The van der Waals surface area contributed by atoms with Crippen molar-refractivity contribution in [3.8, 4) is 0 Å². The van der Waals surface area contributed by atoms with E-state index in [1.807, 2.05) is 26.0 Å². The summed E-state index contributed by atoms with van der Waals surface area (Å²) in [6.07, 6.45) is 0.616. The Balaban J connectivity index is 2.58. The molecule has 1 heterocycles. The van der Waals surface area contributed by atoms with Gasteiger partial charge in [-0.2, -0.15) is 0 Å². The third kappa shape index (κ3) is 3.89. The first-order valence-corrected chi connectivity index (χ1v) is 5.76. The van der Waals surface area contributed by atoms with E-state index in [0.717, 1.165) is 10.2 Å². The monoisotopic (exact) mass is 273 g/mol. The molecule has 0 radical (unpaired) electrons. The fourth-order valence-electron chi connectivity index (χ4n) is 1.31. The second kappa shape index (κ2) is 5.58. The Bertz CT molecular complexity index is 300. The summed E-state index contributed by atoms with van der Waals surface area (Å²) in [5.74, 6) is 0.0513. The first-order valence-electron chi connectivity index (χ1n) is 4.97. The molecule has 1 aromatic rings. The number of nitrogens with zero attached hydrogens (tertiary/aromatic N) is 1. The van der Waals surface area contributed by atoms with Gasteiger partial charge in [-0.1, -0.05) is 13.8 Å². The second-order valence-electron chi connectivity index (χ2n) is 3.97. The minimum atomic E-state index is -0.751. The maximum absolute atomic E-state index is 9.71. The Labute approximate surface area is 98.3 Å². The molecule has 0 saturated carbocycles. The van der Waals surface area contributed by atoms with E-state index in [9.17, 15) is 10.2 Å². The molecule has 1 aromatic heterocycles. The summed E-state index contributed by atoms with van der Waals surface area (Å²) in [4.78, 5) is 4.14. The molecule has 0 aliphatic rings. The topological polar surface area (TPSA) is 53.4 Å². The SMILES string of the molecule is CC(C)C(O)C(O)Cc1ccc(Br)cn1. The van der Waals surface area contributed by atoms with Crippen molar-refractivity contribution in [1.29, 1.82) is 0 Å². The lowest BCUT2D eigenvalue weighted by atomic mass is 9.98. The molecule has 0 aromatic carbocycles. The highest BCUT2D eigenvalue weighted by molar-refractivity contribution is 9.10. The average molecular weight is 274 g/mol. The summed E-state index contributed by atoms with van der Waals surface area (Å²) in [5, 5.41) is 19.3. The van der Waals surface area contributed by atoms with Gasteiger partial charge in [-0.05, 0) is 34.0 Å². The van der Waals surface area contributed by atoms with Crippen molar-refractivity contribution in [2.75, 3.05) is 0 Å². The summed E-state index contributed by atoms with van der Waals surface area (Å²) in [6.45, 7) is 3.76. The Hall–Kier alpha value is -0.450. The zero-order chi connectivity index (χ0) is 11.4. The number of hydrogen-bond donors (Lipinski definition) is 2. The zero-order valence-electron chi connectivity index (χ0n) is 8.89.